The second kappa shape index (κ2) is 15.3. The standard InChI is InChI=1S/C39H44N4O6S2/c44-20-13-29-24-28(10-12-34(29)46)33(45)6-1-5-27-9-11-32-31(23-27)40-41-43(32)17-4-16-42-18-14-38(15-19-42)25-30(26-38)49-37(47)39(48,35-7-2-21-50-35)36-8-3-22-51-36/h2-3,7-12,20-24,30,33,45-46,48H,1,4-6,13-19,25-26H2/t33-/m0/s1. The molecule has 5 aromatic rings. The summed E-state index contributed by atoms with van der Waals surface area (Å²) in [4.78, 5) is 27.9. The van der Waals surface area contributed by atoms with Crippen molar-refractivity contribution in [3.63, 3.8) is 0 Å². The summed E-state index contributed by atoms with van der Waals surface area (Å²) in [7, 11) is 0. The van der Waals surface area contributed by atoms with Crippen LogP contribution in [0.1, 0.15) is 77.5 Å². The van der Waals surface area contributed by atoms with Crippen molar-refractivity contribution in [1.29, 1.82) is 0 Å². The molecule has 12 heteroatoms. The number of esters is 1. The molecule has 10 nitrogen and oxygen atoms in total. The van der Waals surface area contributed by atoms with Gasteiger partial charge < -0.3 is 29.8 Å². The van der Waals surface area contributed by atoms with Crippen LogP contribution in [0.5, 0.6) is 5.75 Å². The van der Waals surface area contributed by atoms with Crippen LogP contribution in [-0.4, -0.2) is 73.2 Å². The number of aliphatic hydroxyl groups is 2. The number of thiophene rings is 2. The fourth-order valence-electron chi connectivity index (χ4n) is 7.69. The highest BCUT2D eigenvalue weighted by Gasteiger charge is 2.51. The Hall–Kier alpha value is -3.94. The van der Waals surface area contributed by atoms with Crippen molar-refractivity contribution < 1.29 is 29.6 Å². The van der Waals surface area contributed by atoms with Crippen LogP contribution < -0.4 is 0 Å². The van der Waals surface area contributed by atoms with Crippen LogP contribution in [0.2, 0.25) is 0 Å². The van der Waals surface area contributed by atoms with Gasteiger partial charge >= 0.3 is 5.97 Å². The molecule has 1 saturated heterocycles. The molecule has 3 N–H and O–H groups in total. The van der Waals surface area contributed by atoms with E-state index in [0.717, 1.165) is 94.0 Å². The molecule has 3 aromatic heterocycles. The highest BCUT2D eigenvalue weighted by Crippen LogP contribution is 2.51. The molecular formula is C39H44N4O6S2. The maximum Gasteiger partial charge on any atom is 0.349 e. The number of ether oxygens (including phenoxy) is 1. The van der Waals surface area contributed by atoms with Gasteiger partial charge in [-0.3, -0.25) is 0 Å². The summed E-state index contributed by atoms with van der Waals surface area (Å²) in [5.41, 5.74) is 2.73. The zero-order valence-corrected chi connectivity index (χ0v) is 30.2. The number of likely N-dealkylation sites (tertiary alicyclic amines) is 1. The molecule has 268 valence electrons. The predicted molar refractivity (Wildman–Crippen MR) is 197 cm³/mol. The zero-order chi connectivity index (χ0) is 35.4. The first-order valence-corrected chi connectivity index (χ1v) is 19.5. The molecule has 51 heavy (non-hydrogen) atoms. The Labute approximate surface area is 305 Å². The number of carbonyl (C=O) groups excluding carboxylic acids is 2. The number of aromatic nitrogens is 3. The van der Waals surface area contributed by atoms with Crippen molar-refractivity contribution in [2.24, 2.45) is 5.41 Å². The van der Waals surface area contributed by atoms with Gasteiger partial charge in [0.05, 0.1) is 21.4 Å². The maximum absolute atomic E-state index is 13.3. The van der Waals surface area contributed by atoms with Gasteiger partial charge in [-0.2, -0.15) is 0 Å². The molecule has 0 bridgehead atoms. The Balaban J connectivity index is 0.831. The van der Waals surface area contributed by atoms with Crippen molar-refractivity contribution in [3.05, 3.63) is 97.9 Å². The fraction of sp³-hybridized carbons (Fsp3) is 0.436. The quantitative estimate of drug-likeness (QED) is 0.0854. The third kappa shape index (κ3) is 7.66. The Bertz CT molecular complexity index is 1890. The lowest BCUT2D eigenvalue weighted by Crippen LogP contribution is -2.52. The van der Waals surface area contributed by atoms with Gasteiger partial charge in [-0.05, 0) is 135 Å². The molecule has 1 spiro atoms. The molecule has 2 aliphatic rings. The molecule has 7 rings (SSSR count). The lowest BCUT2D eigenvalue weighted by Gasteiger charge is -2.51. The second-order valence-corrected chi connectivity index (χ2v) is 16.0. The first kappa shape index (κ1) is 35.5. The molecule has 1 aliphatic heterocycles. The van der Waals surface area contributed by atoms with Gasteiger partial charge in [0.15, 0.2) is 0 Å². The van der Waals surface area contributed by atoms with E-state index in [-0.39, 0.29) is 23.7 Å². The number of aliphatic hydroxyl groups excluding tert-OH is 1. The Morgan fingerprint density at radius 2 is 1.76 bits per heavy atom. The number of benzene rings is 2. The van der Waals surface area contributed by atoms with E-state index in [1.165, 1.54) is 28.7 Å². The summed E-state index contributed by atoms with van der Waals surface area (Å²) >= 11 is 2.73. The first-order chi connectivity index (χ1) is 24.8. The van der Waals surface area contributed by atoms with Gasteiger partial charge in [-0.15, -0.1) is 27.8 Å². The van der Waals surface area contributed by atoms with E-state index in [9.17, 15) is 24.9 Å². The molecule has 2 aromatic carbocycles. The Morgan fingerprint density at radius 1 is 1.02 bits per heavy atom. The van der Waals surface area contributed by atoms with Gasteiger partial charge in [-0.1, -0.05) is 29.5 Å². The fourth-order valence-corrected chi connectivity index (χ4v) is 9.41. The zero-order valence-electron chi connectivity index (χ0n) is 28.5. The van der Waals surface area contributed by atoms with Gasteiger partial charge in [0, 0.05) is 18.5 Å². The van der Waals surface area contributed by atoms with Crippen LogP contribution in [-0.2, 0) is 39.3 Å². The van der Waals surface area contributed by atoms with Crippen LogP contribution in [0.3, 0.4) is 0 Å². The molecule has 1 atom stereocenters. The summed E-state index contributed by atoms with van der Waals surface area (Å²) in [6, 6.07) is 18.5. The summed E-state index contributed by atoms with van der Waals surface area (Å²) in [6.07, 6.45) is 7.05. The number of phenolic OH excluding ortho intramolecular Hbond substituents is 1. The van der Waals surface area contributed by atoms with Crippen LogP contribution in [0.4, 0.5) is 0 Å². The minimum absolute atomic E-state index is 0.0700. The largest absolute Gasteiger partial charge is 0.508 e. The van der Waals surface area contributed by atoms with Crippen molar-refractivity contribution in [2.45, 2.75) is 82.1 Å². The topological polar surface area (TPSA) is 138 Å². The Morgan fingerprint density at radius 3 is 2.45 bits per heavy atom. The Kier molecular flexibility index (Phi) is 10.7. The average Bonchev–Trinajstić information content (AvgIpc) is 3.93. The molecule has 1 saturated carbocycles. The van der Waals surface area contributed by atoms with Gasteiger partial charge in [0.25, 0.3) is 0 Å². The summed E-state index contributed by atoms with van der Waals surface area (Å²) in [5.74, 6) is -0.504. The van der Waals surface area contributed by atoms with Crippen LogP contribution >= 0.6 is 22.7 Å². The van der Waals surface area contributed by atoms with Crippen LogP contribution in [0.15, 0.2) is 71.4 Å². The molecule has 2 fully saturated rings. The first-order valence-electron chi connectivity index (χ1n) is 17.8. The molecule has 0 radical (unpaired) electrons. The molecule has 1 aliphatic carbocycles. The third-order valence-electron chi connectivity index (χ3n) is 10.7. The number of aromatic hydroxyl groups is 1. The number of nitrogens with zero attached hydrogens (tertiary/aromatic N) is 4. The maximum atomic E-state index is 13.3. The number of rotatable bonds is 15. The van der Waals surface area contributed by atoms with Gasteiger partial charge in [0.1, 0.15) is 23.7 Å². The number of piperidine rings is 1. The van der Waals surface area contributed by atoms with Crippen molar-refractivity contribution in [3.8, 4) is 5.75 Å². The highest BCUT2D eigenvalue weighted by molar-refractivity contribution is 7.12. The summed E-state index contributed by atoms with van der Waals surface area (Å²) in [5, 5.41) is 44.7. The second-order valence-electron chi connectivity index (χ2n) is 14.1. The minimum atomic E-state index is -1.75. The average molecular weight is 729 g/mol. The SMILES string of the molecule is O=CCc1cc([C@@H](O)CCCc2ccc3c(c2)nnn3CCCN2CCC3(CC2)CC(OC(=O)C(O)(c2cccs2)c2cccs2)C3)ccc1O. The predicted octanol–water partition coefficient (Wildman–Crippen LogP) is 6.17. The van der Waals surface area contributed by atoms with E-state index in [1.54, 1.807) is 24.3 Å². The number of aryl methyl sites for hydroxylation is 2. The number of hydrogen-bond donors (Lipinski definition) is 3. The third-order valence-corrected chi connectivity index (χ3v) is 12.7. The van der Waals surface area contributed by atoms with E-state index in [4.69, 9.17) is 4.74 Å². The normalized spacial score (nSPS) is 17.1. The van der Waals surface area contributed by atoms with E-state index in [2.05, 4.69) is 33.4 Å². The molecule has 0 amide bonds. The number of aldehydes is 1. The number of phenols is 1. The molecule has 4 heterocycles. The number of fused-ring (bicyclic) bond motifs is 1. The van der Waals surface area contributed by atoms with Crippen molar-refractivity contribution in [1.82, 2.24) is 19.9 Å². The summed E-state index contributed by atoms with van der Waals surface area (Å²) < 4.78 is 7.91. The van der Waals surface area contributed by atoms with Gasteiger partial charge in [-0.25, -0.2) is 9.48 Å². The number of hydrogen-bond acceptors (Lipinski definition) is 11. The molecule has 0 unspecified atom stereocenters. The lowest BCUT2D eigenvalue weighted by molar-refractivity contribution is -0.181. The highest BCUT2D eigenvalue weighted by atomic mass is 32.1. The van der Waals surface area contributed by atoms with E-state index in [0.29, 0.717) is 27.3 Å². The smallest absolute Gasteiger partial charge is 0.349 e. The monoisotopic (exact) mass is 728 g/mol. The molecular weight excluding hydrogens is 685 g/mol. The minimum Gasteiger partial charge on any atom is -0.508 e. The van der Waals surface area contributed by atoms with E-state index in [1.807, 2.05) is 27.6 Å². The lowest BCUT2D eigenvalue weighted by atomic mass is 9.61. The van der Waals surface area contributed by atoms with E-state index < -0.39 is 17.7 Å². The number of carbonyl (C=O) groups is 2. The summed E-state index contributed by atoms with van der Waals surface area (Å²) in [6.45, 7) is 3.83. The van der Waals surface area contributed by atoms with Crippen molar-refractivity contribution in [2.75, 3.05) is 19.6 Å². The van der Waals surface area contributed by atoms with E-state index >= 15 is 0 Å². The van der Waals surface area contributed by atoms with Crippen LogP contribution in [0, 0.1) is 5.41 Å². The van der Waals surface area contributed by atoms with Gasteiger partial charge in [0.2, 0.25) is 5.60 Å². The van der Waals surface area contributed by atoms with Crippen molar-refractivity contribution >= 4 is 46.0 Å². The van der Waals surface area contributed by atoms with Crippen LogP contribution in [0.25, 0.3) is 11.0 Å².